The number of carbonyl (C=O) groups is 2. The minimum absolute atomic E-state index is 0.0407. The van der Waals surface area contributed by atoms with Crippen LogP contribution in [0.2, 0.25) is 0 Å². The van der Waals surface area contributed by atoms with Gasteiger partial charge in [0, 0.05) is 19.6 Å². The topological polar surface area (TPSA) is 79.9 Å². The fourth-order valence-electron chi connectivity index (χ4n) is 6.07. The molecule has 7 heteroatoms. The van der Waals surface area contributed by atoms with E-state index in [-0.39, 0.29) is 6.61 Å². The highest BCUT2D eigenvalue weighted by molar-refractivity contribution is 5.68. The third-order valence-corrected chi connectivity index (χ3v) is 9.16. The van der Waals surface area contributed by atoms with Gasteiger partial charge in [0.25, 0.3) is 0 Å². The molecule has 2 amide bonds. The Balaban J connectivity index is 3.73. The van der Waals surface area contributed by atoms with Gasteiger partial charge < -0.3 is 25.0 Å². The molecule has 0 rings (SSSR count). The molecule has 7 nitrogen and oxygen atoms in total. The number of carbonyl (C=O) groups excluding carboxylic acids is 2. The van der Waals surface area contributed by atoms with Crippen LogP contribution in [0.1, 0.15) is 194 Å². The Labute approximate surface area is 310 Å². The van der Waals surface area contributed by atoms with Crippen LogP contribution >= 0.6 is 0 Å². The van der Waals surface area contributed by atoms with Crippen LogP contribution in [0.5, 0.6) is 0 Å². The molecule has 0 aromatic rings. The molecule has 0 radical (unpaired) electrons. The van der Waals surface area contributed by atoms with Gasteiger partial charge >= 0.3 is 12.2 Å². The van der Waals surface area contributed by atoms with Gasteiger partial charge in [0.15, 0.2) is 6.10 Å². The second-order valence-corrected chi connectivity index (χ2v) is 14.6. The van der Waals surface area contributed by atoms with E-state index in [0.29, 0.717) is 19.6 Å². The molecule has 0 bridgehead atoms. The molecule has 0 fully saturated rings. The maximum atomic E-state index is 12.4. The molecule has 0 heterocycles. The van der Waals surface area contributed by atoms with Gasteiger partial charge in [-0.1, -0.05) is 154 Å². The van der Waals surface area contributed by atoms with E-state index in [0.717, 1.165) is 25.7 Å². The minimum atomic E-state index is -0.513. The van der Waals surface area contributed by atoms with Crippen LogP contribution in [0, 0.1) is 0 Å². The number of nitrogens with zero attached hydrogens (tertiary/aromatic N) is 1. The van der Waals surface area contributed by atoms with Crippen molar-refractivity contribution in [3.63, 3.8) is 0 Å². The molecular formula is C43H83N3O4. The van der Waals surface area contributed by atoms with Crippen LogP contribution in [0.3, 0.4) is 0 Å². The molecule has 50 heavy (non-hydrogen) atoms. The fourth-order valence-corrected chi connectivity index (χ4v) is 6.07. The van der Waals surface area contributed by atoms with Crippen LogP contribution in [-0.4, -0.2) is 63.5 Å². The molecule has 0 aliphatic heterocycles. The van der Waals surface area contributed by atoms with E-state index in [1.54, 1.807) is 0 Å². The van der Waals surface area contributed by atoms with Gasteiger partial charge in [0.2, 0.25) is 0 Å². The summed E-state index contributed by atoms with van der Waals surface area (Å²) in [5, 5.41) is 5.70. The lowest BCUT2D eigenvalue weighted by molar-refractivity contribution is 0.0318. The number of unbranched alkanes of at least 4 members (excludes halogenated alkanes) is 24. The fraction of sp³-hybridized carbons (Fsp3) is 0.860. The number of amides is 2. The Morgan fingerprint density at radius 2 is 0.840 bits per heavy atom. The van der Waals surface area contributed by atoms with Crippen molar-refractivity contribution in [1.29, 1.82) is 0 Å². The Hall–Kier alpha value is -2.02. The van der Waals surface area contributed by atoms with Crippen molar-refractivity contribution in [2.45, 2.75) is 200 Å². The average molecular weight is 706 g/mol. The summed E-state index contributed by atoms with van der Waals surface area (Å²) < 4.78 is 11.0. The van der Waals surface area contributed by atoms with E-state index in [1.165, 1.54) is 154 Å². The van der Waals surface area contributed by atoms with Crippen molar-refractivity contribution in [3.8, 4) is 0 Å². The predicted molar refractivity (Wildman–Crippen MR) is 215 cm³/mol. The third kappa shape index (κ3) is 38.8. The highest BCUT2D eigenvalue weighted by Crippen LogP contribution is 2.11. The zero-order valence-corrected chi connectivity index (χ0v) is 33.6. The first-order chi connectivity index (χ1) is 24.5. The third-order valence-electron chi connectivity index (χ3n) is 9.16. The molecule has 0 aromatic heterocycles. The van der Waals surface area contributed by atoms with Gasteiger partial charge in [-0.05, 0) is 78.3 Å². The quantitative estimate of drug-likeness (QED) is 0.0497. The monoisotopic (exact) mass is 706 g/mol. The number of allylic oxidation sites excluding steroid dienone is 4. The van der Waals surface area contributed by atoms with Crippen molar-refractivity contribution in [1.82, 2.24) is 15.5 Å². The first kappa shape index (κ1) is 48.0. The molecule has 0 aliphatic carbocycles. The van der Waals surface area contributed by atoms with Crippen molar-refractivity contribution >= 4 is 12.2 Å². The normalized spacial score (nSPS) is 12.3. The molecule has 0 aromatic carbocycles. The summed E-state index contributed by atoms with van der Waals surface area (Å²) >= 11 is 0. The van der Waals surface area contributed by atoms with Crippen molar-refractivity contribution < 1.29 is 19.1 Å². The van der Waals surface area contributed by atoms with Crippen LogP contribution in [0.25, 0.3) is 0 Å². The number of ether oxygens (including phenoxy) is 2. The number of hydrogen-bond donors (Lipinski definition) is 2. The molecule has 2 N–H and O–H groups in total. The second-order valence-electron chi connectivity index (χ2n) is 14.6. The van der Waals surface area contributed by atoms with Gasteiger partial charge in [-0.15, -0.1) is 0 Å². The smallest absolute Gasteiger partial charge is 0.407 e. The zero-order valence-electron chi connectivity index (χ0n) is 33.6. The lowest BCUT2D eigenvalue weighted by Crippen LogP contribution is -2.39. The molecule has 1 atom stereocenters. The Morgan fingerprint density at radius 3 is 1.22 bits per heavy atom. The van der Waals surface area contributed by atoms with Crippen molar-refractivity contribution in [3.05, 3.63) is 24.3 Å². The number of hydrogen-bond acceptors (Lipinski definition) is 5. The average Bonchev–Trinajstić information content (AvgIpc) is 3.09. The summed E-state index contributed by atoms with van der Waals surface area (Å²) in [6, 6.07) is 0. The molecule has 0 aliphatic rings. The van der Waals surface area contributed by atoms with Crippen molar-refractivity contribution in [2.75, 3.05) is 40.3 Å². The van der Waals surface area contributed by atoms with Crippen LogP contribution in [-0.2, 0) is 9.47 Å². The van der Waals surface area contributed by atoms with E-state index < -0.39 is 18.3 Å². The van der Waals surface area contributed by atoms with Crippen LogP contribution in [0.15, 0.2) is 24.3 Å². The Morgan fingerprint density at radius 1 is 0.500 bits per heavy atom. The predicted octanol–water partition coefficient (Wildman–Crippen LogP) is 12.4. The van der Waals surface area contributed by atoms with Gasteiger partial charge in [0.05, 0.1) is 0 Å². The Bertz CT molecular complexity index is 786. The molecule has 294 valence electrons. The maximum absolute atomic E-state index is 12.4. The minimum Gasteiger partial charge on any atom is -0.446 e. The number of nitrogens with one attached hydrogen (secondary N) is 2. The van der Waals surface area contributed by atoms with Crippen molar-refractivity contribution in [2.24, 2.45) is 0 Å². The highest BCUT2D eigenvalue weighted by Gasteiger charge is 2.18. The summed E-state index contributed by atoms with van der Waals surface area (Å²) in [4.78, 5) is 26.5. The summed E-state index contributed by atoms with van der Waals surface area (Å²) in [5.74, 6) is 0. The first-order valence-electron chi connectivity index (χ1n) is 21.3. The van der Waals surface area contributed by atoms with E-state index >= 15 is 0 Å². The maximum Gasteiger partial charge on any atom is 0.407 e. The summed E-state index contributed by atoms with van der Waals surface area (Å²) in [7, 11) is 3.82. The summed E-state index contributed by atoms with van der Waals surface area (Å²) in [5.41, 5.74) is 0. The number of rotatable bonds is 37. The lowest BCUT2D eigenvalue weighted by Gasteiger charge is -2.21. The zero-order chi connectivity index (χ0) is 36.6. The number of alkyl carbamates (subject to hydrolysis) is 2. The second kappa shape index (κ2) is 39.8. The summed E-state index contributed by atoms with van der Waals surface area (Å²) in [6.45, 7) is 6.28. The van der Waals surface area contributed by atoms with E-state index in [2.05, 4.69) is 48.8 Å². The molecular weight excluding hydrogens is 622 g/mol. The molecule has 0 saturated heterocycles. The van der Waals surface area contributed by atoms with E-state index in [1.807, 2.05) is 19.0 Å². The van der Waals surface area contributed by atoms with E-state index in [9.17, 15) is 9.59 Å². The van der Waals surface area contributed by atoms with Gasteiger partial charge in [0.1, 0.15) is 6.61 Å². The standard InChI is InChI=1S/C43H83N3O4/c1-5-7-9-11-13-15-17-19-21-23-25-27-29-31-33-35-37-44-42(47)49-40-41(39-46(3)4)50-43(48)45-38-36-34-32-30-28-26-24-22-20-18-16-14-12-10-8-6-2/h19-22,41H,5-18,23-40H2,1-4H3,(H,44,47)(H,45,48)/b21-19-,22-20-. The number of likely N-dealkylation sites (N-methyl/N-ethyl adjacent to an activating group) is 1. The highest BCUT2D eigenvalue weighted by atomic mass is 16.6. The summed E-state index contributed by atoms with van der Waals surface area (Å²) in [6.07, 6.45) is 43.4. The Kier molecular flexibility index (Phi) is 38.2. The van der Waals surface area contributed by atoms with Crippen LogP contribution in [0.4, 0.5) is 9.59 Å². The molecule has 0 saturated carbocycles. The van der Waals surface area contributed by atoms with Gasteiger partial charge in [-0.2, -0.15) is 0 Å². The molecule has 0 spiro atoms. The SMILES string of the molecule is CCCCCCCC/C=C\CCCCCCCCNC(=O)OCC(CN(C)C)OC(=O)NCCCCCCCC/C=C\CCCCCCCC. The molecule has 1 unspecified atom stereocenters. The van der Waals surface area contributed by atoms with E-state index in [4.69, 9.17) is 9.47 Å². The largest absolute Gasteiger partial charge is 0.446 e. The first-order valence-corrected chi connectivity index (χ1v) is 21.3. The lowest BCUT2D eigenvalue weighted by atomic mass is 10.1. The van der Waals surface area contributed by atoms with Gasteiger partial charge in [-0.25, -0.2) is 9.59 Å². The van der Waals surface area contributed by atoms with Gasteiger partial charge in [-0.3, -0.25) is 0 Å². The van der Waals surface area contributed by atoms with Crippen LogP contribution < -0.4 is 10.6 Å².